The molecule has 0 amide bonds. The van der Waals surface area contributed by atoms with Crippen LogP contribution in [0.3, 0.4) is 0 Å². The molecule has 0 unspecified atom stereocenters. The molecular weight excluding hydrogens is 326 g/mol. The summed E-state index contributed by atoms with van der Waals surface area (Å²) in [6.45, 7) is 0. The van der Waals surface area contributed by atoms with Crippen molar-refractivity contribution in [3.05, 3.63) is 34.4 Å². The molecule has 2 aromatic rings. The number of nitrogens with one attached hydrogen (secondary N) is 1. The number of carboxylic acids is 1. The van der Waals surface area contributed by atoms with Crippen molar-refractivity contribution in [2.45, 2.75) is 0 Å². The molecule has 0 saturated heterocycles. The molecule has 0 fully saturated rings. The van der Waals surface area contributed by atoms with Gasteiger partial charge in [-0.15, -0.1) is 0 Å². The first-order chi connectivity index (χ1) is 9.56. The fourth-order valence-corrected chi connectivity index (χ4v) is 2.21. The third-order valence-electron chi connectivity index (χ3n) is 2.67. The molecule has 2 N–H and O–H groups in total. The molecule has 1 aromatic carbocycles. The molecule has 0 saturated carbocycles. The van der Waals surface area contributed by atoms with Crippen LogP contribution in [0.4, 0.5) is 5.82 Å². The number of carbonyl (C=O) groups is 1. The van der Waals surface area contributed by atoms with Gasteiger partial charge in [0.25, 0.3) is 0 Å². The van der Waals surface area contributed by atoms with Crippen molar-refractivity contribution in [2.75, 3.05) is 19.5 Å². The van der Waals surface area contributed by atoms with E-state index in [0.717, 1.165) is 10.0 Å². The van der Waals surface area contributed by atoms with E-state index < -0.39 is 5.97 Å². The first kappa shape index (κ1) is 14.3. The lowest BCUT2D eigenvalue weighted by molar-refractivity contribution is 0.0697. The number of aromatic nitrogens is 2. The van der Waals surface area contributed by atoms with E-state index in [4.69, 9.17) is 9.84 Å². The zero-order valence-corrected chi connectivity index (χ0v) is 12.4. The summed E-state index contributed by atoms with van der Waals surface area (Å²) >= 11 is 3.39. The molecule has 0 spiro atoms. The highest BCUT2D eigenvalue weighted by Crippen LogP contribution is 2.29. The quantitative estimate of drug-likeness (QED) is 0.892. The first-order valence-corrected chi connectivity index (χ1v) is 6.48. The Bertz CT molecular complexity index is 661. The highest BCUT2D eigenvalue weighted by atomic mass is 79.9. The van der Waals surface area contributed by atoms with Gasteiger partial charge in [0.2, 0.25) is 0 Å². The van der Waals surface area contributed by atoms with Crippen LogP contribution >= 0.6 is 15.9 Å². The summed E-state index contributed by atoms with van der Waals surface area (Å²) in [6.07, 6.45) is 1.29. The Morgan fingerprint density at radius 3 is 2.75 bits per heavy atom. The Morgan fingerprint density at radius 1 is 1.45 bits per heavy atom. The summed E-state index contributed by atoms with van der Waals surface area (Å²) in [5.41, 5.74) is 0.787. The maximum absolute atomic E-state index is 11.0. The Balaban J connectivity index is 2.48. The zero-order valence-electron chi connectivity index (χ0n) is 10.8. The van der Waals surface area contributed by atoms with Crippen molar-refractivity contribution >= 4 is 27.7 Å². The van der Waals surface area contributed by atoms with Crippen molar-refractivity contribution in [1.29, 1.82) is 0 Å². The van der Waals surface area contributed by atoms with Crippen LogP contribution in [-0.2, 0) is 0 Å². The number of halogens is 1. The summed E-state index contributed by atoms with van der Waals surface area (Å²) in [5, 5.41) is 11.8. The minimum atomic E-state index is -1.07. The van der Waals surface area contributed by atoms with Crippen LogP contribution < -0.4 is 10.1 Å². The van der Waals surface area contributed by atoms with Gasteiger partial charge in [0.15, 0.2) is 5.82 Å². The van der Waals surface area contributed by atoms with Crippen LogP contribution in [0.2, 0.25) is 0 Å². The lowest BCUT2D eigenvalue weighted by atomic mass is 10.2. The average molecular weight is 338 g/mol. The number of carboxylic acid groups (broad SMARTS) is 1. The van der Waals surface area contributed by atoms with Crippen molar-refractivity contribution < 1.29 is 14.6 Å². The highest BCUT2D eigenvalue weighted by molar-refractivity contribution is 9.10. The van der Waals surface area contributed by atoms with Gasteiger partial charge in [0.05, 0.1) is 11.6 Å². The number of hydrogen-bond donors (Lipinski definition) is 2. The smallest absolute Gasteiger partial charge is 0.341 e. The Kier molecular flexibility index (Phi) is 4.19. The fourth-order valence-electron chi connectivity index (χ4n) is 1.67. The number of methoxy groups -OCH3 is 1. The van der Waals surface area contributed by atoms with E-state index in [0.29, 0.717) is 11.6 Å². The molecule has 0 radical (unpaired) electrons. The topological polar surface area (TPSA) is 84.3 Å². The van der Waals surface area contributed by atoms with Crippen molar-refractivity contribution in [3.8, 4) is 17.1 Å². The SMILES string of the molecule is CNc1nc(-c2ccc(OC)c(Br)c2)ncc1C(=O)O. The van der Waals surface area contributed by atoms with Crippen LogP contribution in [0.15, 0.2) is 28.9 Å². The number of ether oxygens (including phenoxy) is 1. The molecule has 0 atom stereocenters. The minimum Gasteiger partial charge on any atom is -0.496 e. The van der Waals surface area contributed by atoms with Gasteiger partial charge in [-0.05, 0) is 34.1 Å². The highest BCUT2D eigenvalue weighted by Gasteiger charge is 2.14. The molecule has 0 aliphatic carbocycles. The zero-order chi connectivity index (χ0) is 14.7. The van der Waals surface area contributed by atoms with E-state index in [1.54, 1.807) is 26.3 Å². The number of anilines is 1. The monoisotopic (exact) mass is 337 g/mol. The summed E-state index contributed by atoms with van der Waals surface area (Å²) in [5.74, 6) is 0.332. The molecule has 104 valence electrons. The van der Waals surface area contributed by atoms with Crippen LogP contribution in [-0.4, -0.2) is 35.2 Å². The second kappa shape index (κ2) is 5.87. The summed E-state index contributed by atoms with van der Waals surface area (Å²) in [6, 6.07) is 5.40. The van der Waals surface area contributed by atoms with E-state index in [9.17, 15) is 4.79 Å². The number of rotatable bonds is 4. The van der Waals surface area contributed by atoms with Crippen LogP contribution in [0.5, 0.6) is 5.75 Å². The normalized spacial score (nSPS) is 10.2. The molecule has 1 heterocycles. The van der Waals surface area contributed by atoms with Gasteiger partial charge in [-0.1, -0.05) is 0 Å². The molecule has 0 bridgehead atoms. The molecule has 0 aliphatic rings. The third-order valence-corrected chi connectivity index (χ3v) is 3.29. The van der Waals surface area contributed by atoms with E-state index in [1.807, 2.05) is 6.07 Å². The standard InChI is InChI=1S/C13H12BrN3O3/c1-15-12-8(13(18)19)6-16-11(17-12)7-3-4-10(20-2)9(14)5-7/h3-6H,1-2H3,(H,18,19)(H,15,16,17). The summed E-state index contributed by atoms with van der Waals surface area (Å²) in [4.78, 5) is 19.3. The van der Waals surface area contributed by atoms with E-state index in [1.165, 1.54) is 6.20 Å². The molecule has 20 heavy (non-hydrogen) atoms. The summed E-state index contributed by atoms with van der Waals surface area (Å²) in [7, 11) is 3.19. The number of nitrogens with zero attached hydrogens (tertiary/aromatic N) is 2. The van der Waals surface area contributed by atoms with Gasteiger partial charge >= 0.3 is 5.97 Å². The van der Waals surface area contributed by atoms with Gasteiger partial charge in [-0.25, -0.2) is 14.8 Å². The van der Waals surface area contributed by atoms with Crippen LogP contribution in [0.25, 0.3) is 11.4 Å². The predicted molar refractivity (Wildman–Crippen MR) is 78.2 cm³/mol. The van der Waals surface area contributed by atoms with Crippen molar-refractivity contribution in [1.82, 2.24) is 9.97 Å². The first-order valence-electron chi connectivity index (χ1n) is 5.68. The molecule has 0 aliphatic heterocycles. The van der Waals surface area contributed by atoms with Gasteiger partial charge in [-0.2, -0.15) is 0 Å². The van der Waals surface area contributed by atoms with Crippen LogP contribution in [0.1, 0.15) is 10.4 Å². The van der Waals surface area contributed by atoms with Crippen molar-refractivity contribution in [2.24, 2.45) is 0 Å². The molecule has 1 aromatic heterocycles. The fraction of sp³-hybridized carbons (Fsp3) is 0.154. The number of aromatic carboxylic acids is 1. The maximum atomic E-state index is 11.0. The minimum absolute atomic E-state index is 0.0313. The molecule has 6 nitrogen and oxygen atoms in total. The lowest BCUT2D eigenvalue weighted by Crippen LogP contribution is -2.07. The second-order valence-electron chi connectivity index (χ2n) is 3.86. The lowest BCUT2D eigenvalue weighted by Gasteiger charge is -2.08. The summed E-state index contributed by atoms with van der Waals surface area (Å²) < 4.78 is 5.93. The Morgan fingerprint density at radius 2 is 2.20 bits per heavy atom. The second-order valence-corrected chi connectivity index (χ2v) is 4.71. The van der Waals surface area contributed by atoms with Gasteiger partial charge in [0.1, 0.15) is 17.1 Å². The molecule has 7 heteroatoms. The third kappa shape index (κ3) is 2.72. The van der Waals surface area contributed by atoms with E-state index in [-0.39, 0.29) is 11.4 Å². The van der Waals surface area contributed by atoms with Gasteiger partial charge in [-0.3, -0.25) is 0 Å². The number of benzene rings is 1. The van der Waals surface area contributed by atoms with E-state index >= 15 is 0 Å². The number of hydrogen-bond acceptors (Lipinski definition) is 5. The Hall–Kier alpha value is -2.15. The largest absolute Gasteiger partial charge is 0.496 e. The van der Waals surface area contributed by atoms with Crippen molar-refractivity contribution in [3.63, 3.8) is 0 Å². The maximum Gasteiger partial charge on any atom is 0.341 e. The average Bonchev–Trinajstić information content (AvgIpc) is 2.46. The van der Waals surface area contributed by atoms with Crippen LogP contribution in [0, 0.1) is 0 Å². The molecular formula is C13H12BrN3O3. The predicted octanol–water partition coefficient (Wildman–Crippen LogP) is 2.65. The van der Waals surface area contributed by atoms with Gasteiger partial charge < -0.3 is 15.2 Å². The molecule has 2 rings (SSSR count). The van der Waals surface area contributed by atoms with Gasteiger partial charge in [0, 0.05) is 18.8 Å². The Labute approximate surface area is 124 Å². The van der Waals surface area contributed by atoms with E-state index in [2.05, 4.69) is 31.2 Å².